The summed E-state index contributed by atoms with van der Waals surface area (Å²) in [5.74, 6) is -0.809. The SMILES string of the molecule is Cl.Cn1cnc2c1CN[C@@H](C(=O)O)C2. The minimum Gasteiger partial charge on any atom is -0.480 e. The first-order chi connectivity index (χ1) is 6.18. The molecule has 6 heteroatoms. The zero-order valence-electron chi connectivity index (χ0n) is 7.73. The van der Waals surface area contributed by atoms with E-state index in [0.29, 0.717) is 13.0 Å². The molecule has 1 aliphatic heterocycles. The Morgan fingerprint density at radius 2 is 2.50 bits per heavy atom. The van der Waals surface area contributed by atoms with E-state index in [1.54, 1.807) is 6.33 Å². The summed E-state index contributed by atoms with van der Waals surface area (Å²) in [4.78, 5) is 14.8. The molecule has 0 fully saturated rings. The lowest BCUT2D eigenvalue weighted by Crippen LogP contribution is -2.42. The molecule has 1 aromatic rings. The minimum atomic E-state index is -0.809. The molecule has 0 saturated carbocycles. The van der Waals surface area contributed by atoms with Crippen LogP contribution in [0, 0.1) is 0 Å². The van der Waals surface area contributed by atoms with E-state index in [9.17, 15) is 4.79 Å². The highest BCUT2D eigenvalue weighted by molar-refractivity contribution is 5.85. The van der Waals surface area contributed by atoms with Gasteiger partial charge in [0.1, 0.15) is 6.04 Å². The van der Waals surface area contributed by atoms with Crippen molar-refractivity contribution < 1.29 is 9.90 Å². The van der Waals surface area contributed by atoms with Gasteiger partial charge >= 0.3 is 5.97 Å². The van der Waals surface area contributed by atoms with Crippen LogP contribution < -0.4 is 5.32 Å². The molecular weight excluding hydrogens is 206 g/mol. The first-order valence-corrected chi connectivity index (χ1v) is 4.13. The molecule has 14 heavy (non-hydrogen) atoms. The Labute approximate surface area is 87.5 Å². The summed E-state index contributed by atoms with van der Waals surface area (Å²) in [6.45, 7) is 0.586. The Balaban J connectivity index is 0.000000980. The summed E-state index contributed by atoms with van der Waals surface area (Å²) >= 11 is 0. The molecule has 5 nitrogen and oxygen atoms in total. The highest BCUT2D eigenvalue weighted by Gasteiger charge is 2.25. The van der Waals surface area contributed by atoms with Gasteiger partial charge in [0.05, 0.1) is 17.7 Å². The topological polar surface area (TPSA) is 67.2 Å². The number of aromatic nitrogens is 2. The molecule has 0 unspecified atom stereocenters. The largest absolute Gasteiger partial charge is 0.480 e. The number of hydrogen-bond acceptors (Lipinski definition) is 3. The smallest absolute Gasteiger partial charge is 0.321 e. The second kappa shape index (κ2) is 3.98. The van der Waals surface area contributed by atoms with Crippen LogP contribution in [0.15, 0.2) is 6.33 Å². The van der Waals surface area contributed by atoms with Crippen molar-refractivity contribution in [2.45, 2.75) is 19.0 Å². The molecule has 2 heterocycles. The Hall–Kier alpha value is -1.07. The highest BCUT2D eigenvalue weighted by Crippen LogP contribution is 2.14. The number of hydrogen-bond donors (Lipinski definition) is 2. The zero-order valence-corrected chi connectivity index (χ0v) is 8.54. The Bertz CT molecular complexity index is 350. The Kier molecular flexibility index (Phi) is 3.13. The average Bonchev–Trinajstić information content (AvgIpc) is 2.47. The number of nitrogens with one attached hydrogen (secondary N) is 1. The summed E-state index contributed by atoms with van der Waals surface area (Å²) < 4.78 is 1.92. The number of fused-ring (bicyclic) bond motifs is 1. The van der Waals surface area contributed by atoms with E-state index in [4.69, 9.17) is 5.11 Å². The summed E-state index contributed by atoms with van der Waals surface area (Å²) in [6, 6.07) is -0.484. The standard InChI is InChI=1S/C8H11N3O2.ClH/c1-11-4-10-5-2-6(8(12)13)9-3-7(5)11;/h4,6,9H,2-3H2,1H3,(H,12,13);1H/t6-;/m1./s1. The first kappa shape index (κ1) is 11.0. The third-order valence-corrected chi connectivity index (χ3v) is 2.36. The number of halogens is 1. The number of carbonyl (C=O) groups is 1. The maximum absolute atomic E-state index is 10.7. The summed E-state index contributed by atoms with van der Waals surface area (Å²) in [6.07, 6.45) is 2.20. The third kappa shape index (κ3) is 1.73. The van der Waals surface area contributed by atoms with Crippen LogP contribution in [0.1, 0.15) is 11.4 Å². The number of nitrogens with zero attached hydrogens (tertiary/aromatic N) is 2. The van der Waals surface area contributed by atoms with E-state index < -0.39 is 12.0 Å². The maximum Gasteiger partial charge on any atom is 0.321 e. The predicted molar refractivity (Wildman–Crippen MR) is 52.4 cm³/mol. The van der Waals surface area contributed by atoms with Gasteiger partial charge in [-0.3, -0.25) is 10.1 Å². The van der Waals surface area contributed by atoms with E-state index in [0.717, 1.165) is 11.4 Å². The van der Waals surface area contributed by atoms with Gasteiger partial charge in [-0.15, -0.1) is 12.4 Å². The minimum absolute atomic E-state index is 0. The molecule has 0 aromatic carbocycles. The molecule has 1 atom stereocenters. The van der Waals surface area contributed by atoms with Gasteiger partial charge < -0.3 is 9.67 Å². The van der Waals surface area contributed by atoms with Crippen molar-refractivity contribution in [2.24, 2.45) is 7.05 Å². The summed E-state index contributed by atoms with van der Waals surface area (Å²) in [7, 11) is 1.91. The highest BCUT2D eigenvalue weighted by atomic mass is 35.5. The predicted octanol–water partition coefficient (Wildman–Crippen LogP) is -0.0592. The zero-order chi connectivity index (χ0) is 9.42. The molecule has 1 aromatic heterocycles. The third-order valence-electron chi connectivity index (χ3n) is 2.36. The van der Waals surface area contributed by atoms with Crippen LogP contribution in [0.4, 0.5) is 0 Å². The molecule has 0 bridgehead atoms. The van der Waals surface area contributed by atoms with Crippen molar-refractivity contribution >= 4 is 18.4 Å². The van der Waals surface area contributed by atoms with Gasteiger partial charge in [-0.1, -0.05) is 0 Å². The number of rotatable bonds is 1. The van der Waals surface area contributed by atoms with Gasteiger partial charge in [0.25, 0.3) is 0 Å². The van der Waals surface area contributed by atoms with Crippen LogP contribution in [0.25, 0.3) is 0 Å². The Morgan fingerprint density at radius 3 is 3.14 bits per heavy atom. The van der Waals surface area contributed by atoms with Crippen molar-refractivity contribution in [3.05, 3.63) is 17.7 Å². The second-order valence-corrected chi connectivity index (χ2v) is 3.22. The second-order valence-electron chi connectivity index (χ2n) is 3.22. The maximum atomic E-state index is 10.7. The van der Waals surface area contributed by atoms with Gasteiger partial charge in [0, 0.05) is 20.0 Å². The van der Waals surface area contributed by atoms with Crippen LogP contribution in [0.5, 0.6) is 0 Å². The molecule has 0 spiro atoms. The van der Waals surface area contributed by atoms with Gasteiger partial charge in [0.2, 0.25) is 0 Å². The van der Waals surface area contributed by atoms with Crippen LogP contribution >= 0.6 is 12.4 Å². The number of imidazole rings is 1. The summed E-state index contributed by atoms with van der Waals surface area (Å²) in [5, 5.41) is 11.7. The molecule has 0 radical (unpaired) electrons. The van der Waals surface area contributed by atoms with Gasteiger partial charge in [-0.05, 0) is 0 Å². The molecule has 2 N–H and O–H groups in total. The van der Waals surface area contributed by atoms with Gasteiger partial charge in [-0.2, -0.15) is 0 Å². The van der Waals surface area contributed by atoms with Gasteiger partial charge in [-0.25, -0.2) is 4.98 Å². The fourth-order valence-corrected chi connectivity index (χ4v) is 1.56. The van der Waals surface area contributed by atoms with Gasteiger partial charge in [0.15, 0.2) is 0 Å². The molecule has 0 amide bonds. The van der Waals surface area contributed by atoms with Crippen LogP contribution in [-0.4, -0.2) is 26.7 Å². The van der Waals surface area contributed by atoms with Crippen LogP contribution in [0.3, 0.4) is 0 Å². The first-order valence-electron chi connectivity index (χ1n) is 4.13. The molecule has 1 aliphatic rings. The monoisotopic (exact) mass is 217 g/mol. The number of carboxylic acid groups (broad SMARTS) is 1. The fraction of sp³-hybridized carbons (Fsp3) is 0.500. The normalized spacial score (nSPS) is 19.6. The molecule has 0 saturated heterocycles. The van der Waals surface area contributed by atoms with Crippen molar-refractivity contribution in [1.82, 2.24) is 14.9 Å². The van der Waals surface area contributed by atoms with Crippen LogP contribution in [-0.2, 0) is 24.8 Å². The average molecular weight is 218 g/mol. The molecular formula is C8H12ClN3O2. The molecule has 0 aliphatic carbocycles. The van der Waals surface area contributed by atoms with E-state index in [2.05, 4.69) is 10.3 Å². The number of aryl methyl sites for hydroxylation is 1. The van der Waals surface area contributed by atoms with Crippen molar-refractivity contribution in [3.8, 4) is 0 Å². The fourth-order valence-electron chi connectivity index (χ4n) is 1.56. The lowest BCUT2D eigenvalue weighted by Gasteiger charge is -2.20. The van der Waals surface area contributed by atoms with Crippen molar-refractivity contribution in [2.75, 3.05) is 0 Å². The van der Waals surface area contributed by atoms with E-state index >= 15 is 0 Å². The molecule has 2 rings (SSSR count). The van der Waals surface area contributed by atoms with Crippen molar-refractivity contribution in [1.29, 1.82) is 0 Å². The number of aliphatic carboxylic acids is 1. The van der Waals surface area contributed by atoms with Crippen molar-refractivity contribution in [3.63, 3.8) is 0 Å². The van der Waals surface area contributed by atoms with E-state index in [1.165, 1.54) is 0 Å². The lowest BCUT2D eigenvalue weighted by molar-refractivity contribution is -0.139. The lowest BCUT2D eigenvalue weighted by atomic mass is 10.1. The Morgan fingerprint density at radius 1 is 1.79 bits per heavy atom. The van der Waals surface area contributed by atoms with E-state index in [-0.39, 0.29) is 12.4 Å². The van der Waals surface area contributed by atoms with Crippen LogP contribution in [0.2, 0.25) is 0 Å². The van der Waals surface area contributed by atoms with E-state index in [1.807, 2.05) is 11.6 Å². The quantitative estimate of drug-likeness (QED) is 0.692. The molecule has 78 valence electrons. The number of carboxylic acids is 1. The summed E-state index contributed by atoms with van der Waals surface area (Å²) in [5.41, 5.74) is 1.98.